The molecule has 1 atom stereocenters. The van der Waals surface area contributed by atoms with Gasteiger partial charge in [0.1, 0.15) is 0 Å². The second-order valence-corrected chi connectivity index (χ2v) is 6.81. The lowest BCUT2D eigenvalue weighted by molar-refractivity contribution is 0.0963. The number of fused-ring (bicyclic) bond motifs is 1. The van der Waals surface area contributed by atoms with E-state index in [0.29, 0.717) is 17.9 Å². The number of Topliss-reactive ketones (excluding diaryl/α,β-unsaturated/α-hetero) is 1. The van der Waals surface area contributed by atoms with Gasteiger partial charge in [-0.3, -0.25) is 4.79 Å². The molecule has 2 aromatic heterocycles. The maximum atomic E-state index is 12.6. The highest BCUT2D eigenvalue weighted by atomic mass is 16.1. The Labute approximate surface area is 146 Å². The van der Waals surface area contributed by atoms with Crippen LogP contribution < -0.4 is 0 Å². The Bertz CT molecular complexity index is 936. The van der Waals surface area contributed by atoms with Crippen LogP contribution in [-0.2, 0) is 6.42 Å². The Morgan fingerprint density at radius 2 is 1.68 bits per heavy atom. The molecule has 0 bridgehead atoms. The fraction of sp³-hybridized carbons (Fsp3) is 0.300. The molecule has 126 valence electrons. The molecule has 1 aliphatic rings. The Hall–Kier alpha value is -2.82. The van der Waals surface area contributed by atoms with Gasteiger partial charge in [0.15, 0.2) is 5.78 Å². The van der Waals surface area contributed by atoms with Crippen LogP contribution in [0.4, 0.5) is 0 Å². The van der Waals surface area contributed by atoms with Crippen molar-refractivity contribution in [2.24, 2.45) is 0 Å². The van der Waals surface area contributed by atoms with E-state index in [4.69, 9.17) is 0 Å². The number of aryl methyl sites for hydroxylation is 3. The van der Waals surface area contributed by atoms with Crippen LogP contribution in [-0.4, -0.2) is 25.5 Å². The van der Waals surface area contributed by atoms with E-state index in [2.05, 4.69) is 46.3 Å². The Morgan fingerprint density at radius 1 is 1.00 bits per heavy atom. The summed E-state index contributed by atoms with van der Waals surface area (Å²) in [7, 11) is 0. The number of ketones is 1. The molecule has 0 amide bonds. The summed E-state index contributed by atoms with van der Waals surface area (Å²) in [5.74, 6) is 0.848. The molecule has 3 aromatic rings. The smallest absolute Gasteiger partial charge is 0.251 e. The molecule has 1 aliphatic carbocycles. The van der Waals surface area contributed by atoms with Crippen LogP contribution >= 0.6 is 0 Å². The third kappa shape index (κ3) is 2.86. The van der Waals surface area contributed by atoms with Gasteiger partial charge in [-0.2, -0.15) is 5.10 Å². The first-order chi connectivity index (χ1) is 12.0. The molecular formula is C20H20N4O. The minimum atomic E-state index is 0.141. The molecular weight excluding hydrogens is 312 g/mol. The molecule has 4 rings (SSSR count). The molecule has 0 fully saturated rings. The largest absolute Gasteiger partial charge is 0.294 e. The maximum absolute atomic E-state index is 12.6. The summed E-state index contributed by atoms with van der Waals surface area (Å²) in [5, 5.41) is 4.41. The molecule has 0 radical (unpaired) electrons. The number of hydrogen-bond acceptors (Lipinski definition) is 4. The Morgan fingerprint density at radius 3 is 2.36 bits per heavy atom. The summed E-state index contributed by atoms with van der Waals surface area (Å²) < 4.78 is 1.73. The summed E-state index contributed by atoms with van der Waals surface area (Å²) >= 11 is 0. The van der Waals surface area contributed by atoms with Gasteiger partial charge in [-0.05, 0) is 44.7 Å². The highest BCUT2D eigenvalue weighted by Crippen LogP contribution is 2.33. The minimum Gasteiger partial charge on any atom is -0.294 e. The number of hydrogen-bond donors (Lipinski definition) is 0. The first-order valence-corrected chi connectivity index (χ1v) is 8.50. The quantitative estimate of drug-likeness (QED) is 0.720. The predicted molar refractivity (Wildman–Crippen MR) is 95.2 cm³/mol. The first-order valence-electron chi connectivity index (χ1n) is 8.50. The molecule has 0 unspecified atom stereocenters. The lowest BCUT2D eigenvalue weighted by Gasteiger charge is -2.22. The van der Waals surface area contributed by atoms with Crippen molar-refractivity contribution in [3.8, 4) is 5.95 Å². The van der Waals surface area contributed by atoms with Crippen molar-refractivity contribution in [3.63, 3.8) is 0 Å². The minimum absolute atomic E-state index is 0.141. The van der Waals surface area contributed by atoms with E-state index in [0.717, 1.165) is 23.5 Å². The molecule has 1 aromatic carbocycles. The molecule has 0 aliphatic heterocycles. The maximum Gasteiger partial charge on any atom is 0.251 e. The zero-order chi connectivity index (χ0) is 17.6. The number of carbonyl (C=O) groups is 1. The average molecular weight is 332 g/mol. The summed E-state index contributed by atoms with van der Waals surface area (Å²) in [5.41, 5.74) is 5.81. The van der Waals surface area contributed by atoms with Crippen molar-refractivity contribution >= 4 is 5.78 Å². The van der Waals surface area contributed by atoms with E-state index >= 15 is 0 Å². The monoisotopic (exact) mass is 332 g/mol. The van der Waals surface area contributed by atoms with E-state index < -0.39 is 0 Å². The topological polar surface area (TPSA) is 60.7 Å². The third-order valence-electron chi connectivity index (χ3n) is 4.75. The second-order valence-electron chi connectivity index (χ2n) is 6.81. The van der Waals surface area contributed by atoms with Gasteiger partial charge >= 0.3 is 0 Å². The molecule has 5 nitrogen and oxygen atoms in total. The third-order valence-corrected chi connectivity index (χ3v) is 4.75. The van der Waals surface area contributed by atoms with E-state index in [1.165, 1.54) is 11.1 Å². The van der Waals surface area contributed by atoms with Crippen molar-refractivity contribution < 1.29 is 4.79 Å². The summed E-state index contributed by atoms with van der Waals surface area (Å²) in [6.45, 7) is 5.95. The summed E-state index contributed by atoms with van der Waals surface area (Å²) in [4.78, 5) is 21.6. The number of aromatic nitrogens is 4. The predicted octanol–water partition coefficient (Wildman–Crippen LogP) is 3.50. The first kappa shape index (κ1) is 15.7. The number of rotatable bonds is 2. The zero-order valence-electron chi connectivity index (χ0n) is 14.7. The van der Waals surface area contributed by atoms with Crippen LogP contribution in [0.2, 0.25) is 0 Å². The number of benzene rings is 1. The van der Waals surface area contributed by atoms with E-state index in [9.17, 15) is 4.79 Å². The molecule has 0 saturated heterocycles. The SMILES string of the molecule is Cc1ccc([C@H]2CC(=O)c3cnn(-c4nc(C)cc(C)n4)c3C2)cc1. The van der Waals surface area contributed by atoms with Gasteiger partial charge in [-0.1, -0.05) is 29.8 Å². The Balaban J connectivity index is 1.76. The van der Waals surface area contributed by atoms with Gasteiger partial charge in [0.05, 0.1) is 17.5 Å². The van der Waals surface area contributed by atoms with Gasteiger partial charge in [0, 0.05) is 17.8 Å². The lowest BCUT2D eigenvalue weighted by Crippen LogP contribution is -2.21. The summed E-state index contributed by atoms with van der Waals surface area (Å²) in [6.07, 6.45) is 2.94. The van der Waals surface area contributed by atoms with Crippen LogP contribution in [0.1, 0.15) is 50.9 Å². The van der Waals surface area contributed by atoms with Crippen molar-refractivity contribution in [2.45, 2.75) is 39.5 Å². The van der Waals surface area contributed by atoms with Gasteiger partial charge in [-0.25, -0.2) is 14.6 Å². The average Bonchev–Trinajstić information content (AvgIpc) is 2.99. The van der Waals surface area contributed by atoms with Gasteiger partial charge in [0.25, 0.3) is 5.95 Å². The lowest BCUT2D eigenvalue weighted by atomic mass is 9.82. The molecule has 0 spiro atoms. The van der Waals surface area contributed by atoms with Crippen LogP contribution in [0.3, 0.4) is 0 Å². The van der Waals surface area contributed by atoms with E-state index in [1.807, 2.05) is 19.9 Å². The summed E-state index contributed by atoms with van der Waals surface area (Å²) in [6, 6.07) is 10.4. The number of carbonyl (C=O) groups excluding carboxylic acids is 1. The zero-order valence-corrected chi connectivity index (χ0v) is 14.7. The van der Waals surface area contributed by atoms with E-state index in [-0.39, 0.29) is 11.7 Å². The van der Waals surface area contributed by atoms with Crippen molar-refractivity contribution in [1.82, 2.24) is 19.7 Å². The number of nitrogens with zero attached hydrogens (tertiary/aromatic N) is 4. The van der Waals surface area contributed by atoms with Gasteiger partial charge < -0.3 is 0 Å². The molecule has 2 heterocycles. The fourth-order valence-corrected chi connectivity index (χ4v) is 3.49. The fourth-order valence-electron chi connectivity index (χ4n) is 3.49. The molecule has 0 N–H and O–H groups in total. The standard InChI is InChI=1S/C20H20N4O/c1-12-4-6-15(7-5-12)16-9-18-17(19(25)10-16)11-21-24(18)20-22-13(2)8-14(3)23-20/h4-8,11,16H,9-10H2,1-3H3/t16-/m1/s1. The second kappa shape index (κ2) is 5.92. The van der Waals surface area contributed by atoms with Gasteiger partial charge in [-0.15, -0.1) is 0 Å². The molecule has 0 saturated carbocycles. The highest BCUT2D eigenvalue weighted by Gasteiger charge is 2.30. The highest BCUT2D eigenvalue weighted by molar-refractivity contribution is 5.98. The van der Waals surface area contributed by atoms with Crippen LogP contribution in [0.5, 0.6) is 0 Å². The van der Waals surface area contributed by atoms with Crippen molar-refractivity contribution in [3.05, 3.63) is 70.3 Å². The van der Waals surface area contributed by atoms with Crippen LogP contribution in [0.25, 0.3) is 5.95 Å². The van der Waals surface area contributed by atoms with Crippen LogP contribution in [0.15, 0.2) is 36.5 Å². The van der Waals surface area contributed by atoms with Crippen LogP contribution in [0, 0.1) is 20.8 Å². The van der Waals surface area contributed by atoms with Gasteiger partial charge in [0.2, 0.25) is 0 Å². The Kier molecular flexibility index (Phi) is 3.71. The molecule has 25 heavy (non-hydrogen) atoms. The molecule has 5 heteroatoms. The van der Waals surface area contributed by atoms with E-state index in [1.54, 1.807) is 10.9 Å². The normalized spacial score (nSPS) is 16.8. The van der Waals surface area contributed by atoms with Crippen molar-refractivity contribution in [1.29, 1.82) is 0 Å². The van der Waals surface area contributed by atoms with Crippen molar-refractivity contribution in [2.75, 3.05) is 0 Å².